The van der Waals surface area contributed by atoms with Gasteiger partial charge in [-0.3, -0.25) is 9.47 Å². The Morgan fingerprint density at radius 2 is 1.10 bits per heavy atom. The molecule has 0 radical (unpaired) electrons. The molecule has 3 saturated carbocycles. The molecule has 228 valence electrons. The summed E-state index contributed by atoms with van der Waals surface area (Å²) in [6.07, 6.45) is -25.4. The van der Waals surface area contributed by atoms with E-state index in [2.05, 4.69) is 0 Å². The zero-order valence-corrected chi connectivity index (χ0v) is 20.7. The Morgan fingerprint density at radius 1 is 0.700 bits per heavy atom. The van der Waals surface area contributed by atoms with Crippen LogP contribution in [0.15, 0.2) is 0 Å². The third-order valence-electron chi connectivity index (χ3n) is 7.83. The molecular formula is C22H32O18. The molecule has 3 aliphatic carbocycles. The SMILES string of the molecule is O=C(OC1(OC2(C(=O)O)C[C@@H](O)C(O)[C@H](O)C2)OC(=O)C2(C[C@@H](O)C(O)[C@H](O)C2)O1)C1(O)C[C@@H](O)C(O)[C@H](O)C1. The van der Waals surface area contributed by atoms with Crippen molar-refractivity contribution in [1.29, 1.82) is 0 Å². The number of carboxylic acids is 1. The van der Waals surface area contributed by atoms with E-state index in [-0.39, 0.29) is 0 Å². The number of aliphatic carboxylic acids is 1. The number of carboxylic acid groups (broad SMARTS) is 1. The van der Waals surface area contributed by atoms with Crippen LogP contribution in [0.25, 0.3) is 0 Å². The molecule has 4 aliphatic rings. The number of esters is 2. The summed E-state index contributed by atoms with van der Waals surface area (Å²) in [4.78, 5) is 38.6. The standard InChI is InChI=1S/C22H32O18/c23-7-1-19(36,2-8(24)13(7)29)17(34)37-22(39-20(16(32)33)3-9(25)14(30)10(26)4-20)38-18(35)21(40-22)5-11(27)15(31)12(28)6-21/h7-15,23-31,36H,1-6H2,(H,32,33)/t7-,8-,9-,10-,11-,12-,13?,14?,15?,19?,20?,21?,22?/m1/s1. The summed E-state index contributed by atoms with van der Waals surface area (Å²) in [6, 6.07) is 0. The molecule has 18 heteroatoms. The number of hydrogen-bond acceptors (Lipinski definition) is 17. The number of aliphatic hydroxyl groups excluding tert-OH is 9. The van der Waals surface area contributed by atoms with Crippen molar-refractivity contribution in [2.45, 2.75) is 116 Å². The van der Waals surface area contributed by atoms with E-state index in [9.17, 15) is 70.6 Å². The Balaban J connectivity index is 1.73. The predicted octanol–water partition coefficient (Wildman–Crippen LogP) is -6.35. The van der Waals surface area contributed by atoms with Crippen molar-refractivity contribution in [3.63, 3.8) is 0 Å². The summed E-state index contributed by atoms with van der Waals surface area (Å²) in [6.45, 7) is 0. The van der Waals surface area contributed by atoms with Gasteiger partial charge in [-0.25, -0.2) is 14.4 Å². The summed E-state index contributed by atoms with van der Waals surface area (Å²) in [5.41, 5.74) is -8.01. The molecule has 7 atom stereocenters. The van der Waals surface area contributed by atoms with Crippen molar-refractivity contribution < 1.29 is 89.5 Å². The molecule has 1 spiro atoms. The number of carbonyl (C=O) groups excluding carboxylic acids is 2. The van der Waals surface area contributed by atoms with Crippen LogP contribution < -0.4 is 0 Å². The van der Waals surface area contributed by atoms with Gasteiger partial charge in [0.25, 0.3) is 0 Å². The summed E-state index contributed by atoms with van der Waals surface area (Å²) in [5, 5.41) is 111. The maximum atomic E-state index is 13.2. The van der Waals surface area contributed by atoms with E-state index in [4.69, 9.17) is 18.9 Å². The van der Waals surface area contributed by atoms with Gasteiger partial charge in [-0.05, 0) is 0 Å². The highest BCUT2D eigenvalue weighted by atomic mass is 17.1. The maximum Gasteiger partial charge on any atom is 0.516 e. The fourth-order valence-electron chi connectivity index (χ4n) is 5.57. The molecule has 4 fully saturated rings. The molecule has 0 aromatic carbocycles. The number of hydrogen-bond donors (Lipinski definition) is 11. The van der Waals surface area contributed by atoms with Gasteiger partial charge in [-0.15, -0.1) is 0 Å². The minimum Gasteiger partial charge on any atom is -0.479 e. The van der Waals surface area contributed by atoms with Crippen molar-refractivity contribution in [2.75, 3.05) is 0 Å². The third-order valence-corrected chi connectivity index (χ3v) is 7.83. The highest BCUT2D eigenvalue weighted by Gasteiger charge is 2.70. The lowest BCUT2D eigenvalue weighted by Crippen LogP contribution is -2.63. The summed E-state index contributed by atoms with van der Waals surface area (Å²) >= 11 is 0. The van der Waals surface area contributed by atoms with Crippen LogP contribution in [0, 0.1) is 0 Å². The second-order valence-electron chi connectivity index (χ2n) is 10.9. The number of aliphatic hydroxyl groups is 10. The van der Waals surface area contributed by atoms with Gasteiger partial charge in [0, 0.05) is 38.5 Å². The second kappa shape index (κ2) is 10.3. The monoisotopic (exact) mass is 584 g/mol. The summed E-state index contributed by atoms with van der Waals surface area (Å²) in [5.74, 6) is -5.20. The van der Waals surface area contributed by atoms with Gasteiger partial charge in [0.2, 0.25) is 0 Å². The first-order valence-corrected chi connectivity index (χ1v) is 12.3. The van der Waals surface area contributed by atoms with Crippen LogP contribution in [0.4, 0.5) is 0 Å². The highest BCUT2D eigenvalue weighted by Crippen LogP contribution is 2.48. The van der Waals surface area contributed by atoms with Gasteiger partial charge in [-0.2, -0.15) is 0 Å². The molecule has 0 amide bonds. The van der Waals surface area contributed by atoms with Gasteiger partial charge in [0.1, 0.15) is 18.3 Å². The second-order valence-corrected chi connectivity index (χ2v) is 10.9. The maximum absolute atomic E-state index is 13.2. The van der Waals surface area contributed by atoms with Crippen LogP contribution in [0.2, 0.25) is 0 Å². The molecule has 1 unspecified atom stereocenters. The zero-order valence-electron chi connectivity index (χ0n) is 20.7. The number of carbonyl (C=O) groups is 3. The van der Waals surface area contributed by atoms with E-state index in [1.54, 1.807) is 0 Å². The zero-order chi connectivity index (χ0) is 30.0. The molecule has 0 aromatic heterocycles. The lowest BCUT2D eigenvalue weighted by molar-refractivity contribution is -0.481. The Labute approximate surface area is 224 Å². The fraction of sp³-hybridized carbons (Fsp3) is 0.864. The topological polar surface area (TPSA) is 311 Å². The van der Waals surface area contributed by atoms with E-state index >= 15 is 0 Å². The average Bonchev–Trinajstić information content (AvgIpc) is 3.08. The smallest absolute Gasteiger partial charge is 0.479 e. The Bertz CT molecular complexity index is 982. The average molecular weight is 584 g/mol. The lowest BCUT2D eigenvalue weighted by Gasteiger charge is -2.44. The first-order valence-electron chi connectivity index (χ1n) is 12.3. The largest absolute Gasteiger partial charge is 0.516 e. The van der Waals surface area contributed by atoms with Crippen LogP contribution in [0.1, 0.15) is 38.5 Å². The number of cyclic esters (lactones) is 1. The van der Waals surface area contributed by atoms with Crippen molar-refractivity contribution in [2.24, 2.45) is 0 Å². The van der Waals surface area contributed by atoms with E-state index in [0.29, 0.717) is 0 Å². The van der Waals surface area contributed by atoms with Gasteiger partial charge >= 0.3 is 24.1 Å². The first kappa shape index (κ1) is 30.9. The minimum atomic E-state index is -3.54. The van der Waals surface area contributed by atoms with E-state index < -0.39 is 134 Å². The van der Waals surface area contributed by atoms with Crippen molar-refractivity contribution >= 4 is 17.9 Å². The van der Waals surface area contributed by atoms with Gasteiger partial charge in [0.15, 0.2) is 16.8 Å². The van der Waals surface area contributed by atoms with Gasteiger partial charge in [-0.1, -0.05) is 0 Å². The Morgan fingerprint density at radius 3 is 1.52 bits per heavy atom. The summed E-state index contributed by atoms with van der Waals surface area (Å²) in [7, 11) is 0. The Hall–Kier alpha value is -2.07. The van der Waals surface area contributed by atoms with E-state index in [0.717, 1.165) is 0 Å². The van der Waals surface area contributed by atoms with Crippen molar-refractivity contribution in [1.82, 2.24) is 0 Å². The first-order chi connectivity index (χ1) is 18.4. The Kier molecular flexibility index (Phi) is 7.98. The van der Waals surface area contributed by atoms with Crippen LogP contribution in [-0.4, -0.2) is 152 Å². The highest BCUT2D eigenvalue weighted by molar-refractivity contribution is 5.84. The number of rotatable bonds is 5. The van der Waals surface area contributed by atoms with E-state index in [1.807, 2.05) is 0 Å². The van der Waals surface area contributed by atoms with E-state index in [1.165, 1.54) is 0 Å². The molecule has 1 aliphatic heterocycles. The van der Waals surface area contributed by atoms with Gasteiger partial charge in [0.05, 0.1) is 36.6 Å². The normalized spacial score (nSPS) is 51.4. The van der Waals surface area contributed by atoms with Crippen LogP contribution in [-0.2, 0) is 33.3 Å². The molecule has 0 aromatic rings. The summed E-state index contributed by atoms with van der Waals surface area (Å²) < 4.78 is 21.0. The van der Waals surface area contributed by atoms with Gasteiger partial charge < -0.3 is 65.6 Å². The molecule has 1 saturated heterocycles. The molecule has 11 N–H and O–H groups in total. The molecular weight excluding hydrogens is 552 g/mol. The fourth-order valence-corrected chi connectivity index (χ4v) is 5.57. The molecule has 4 rings (SSSR count). The molecule has 0 bridgehead atoms. The molecule has 40 heavy (non-hydrogen) atoms. The van der Waals surface area contributed by atoms with Crippen molar-refractivity contribution in [3.8, 4) is 0 Å². The minimum absolute atomic E-state index is 0.787. The van der Waals surface area contributed by atoms with Crippen LogP contribution in [0.3, 0.4) is 0 Å². The molecule has 18 nitrogen and oxygen atoms in total. The molecule has 1 heterocycles. The lowest BCUT2D eigenvalue weighted by atomic mass is 9.79. The quantitative estimate of drug-likeness (QED) is 0.106. The van der Waals surface area contributed by atoms with Crippen LogP contribution >= 0.6 is 0 Å². The third kappa shape index (κ3) is 5.19. The number of ether oxygens (including phenoxy) is 4. The van der Waals surface area contributed by atoms with Crippen molar-refractivity contribution in [3.05, 3.63) is 0 Å². The van der Waals surface area contributed by atoms with Crippen LogP contribution in [0.5, 0.6) is 0 Å². The predicted molar refractivity (Wildman–Crippen MR) is 117 cm³/mol.